The van der Waals surface area contributed by atoms with Crippen molar-refractivity contribution in [2.45, 2.75) is 71.3 Å². The summed E-state index contributed by atoms with van der Waals surface area (Å²) in [5, 5.41) is 3.13. The molecule has 230 valence electrons. The normalized spacial score (nSPS) is 13.4. The number of aromatic amines is 1. The number of alkyl halides is 3. The van der Waals surface area contributed by atoms with Crippen molar-refractivity contribution in [3.63, 3.8) is 0 Å². The number of aromatic nitrogens is 1. The lowest BCUT2D eigenvalue weighted by Crippen LogP contribution is -2.47. The van der Waals surface area contributed by atoms with E-state index < -0.39 is 44.1 Å². The van der Waals surface area contributed by atoms with Gasteiger partial charge in [-0.1, -0.05) is 45.0 Å². The SMILES string of the molecule is CCOC(OCC)C(CO[Si](C)(C)C(C)(C)C)OC(=O)Nc1ccc2cc(-c3ccccc3C(F)(F)F)[nH]c(=O)c2c1. The lowest BCUT2D eigenvalue weighted by atomic mass is 10.0. The number of rotatable bonds is 11. The van der Waals surface area contributed by atoms with E-state index in [0.29, 0.717) is 18.6 Å². The van der Waals surface area contributed by atoms with Gasteiger partial charge in [-0.05, 0) is 61.6 Å². The van der Waals surface area contributed by atoms with Crippen LogP contribution in [0.1, 0.15) is 40.2 Å². The third kappa shape index (κ3) is 8.21. The second kappa shape index (κ2) is 13.4. The second-order valence-electron chi connectivity index (χ2n) is 11.3. The number of hydrogen-bond acceptors (Lipinski definition) is 6. The van der Waals surface area contributed by atoms with Crippen molar-refractivity contribution in [3.8, 4) is 11.3 Å². The molecule has 0 aliphatic carbocycles. The Morgan fingerprint density at radius 3 is 2.24 bits per heavy atom. The molecule has 3 aromatic rings. The fourth-order valence-electron chi connectivity index (χ4n) is 4.00. The predicted octanol–water partition coefficient (Wildman–Crippen LogP) is 7.55. The van der Waals surface area contributed by atoms with Gasteiger partial charge in [0.25, 0.3) is 5.56 Å². The van der Waals surface area contributed by atoms with Crippen LogP contribution >= 0.6 is 0 Å². The van der Waals surface area contributed by atoms with Gasteiger partial charge in [0.15, 0.2) is 20.7 Å². The summed E-state index contributed by atoms with van der Waals surface area (Å²) in [6.07, 6.45) is -7.13. The highest BCUT2D eigenvalue weighted by atomic mass is 28.4. The summed E-state index contributed by atoms with van der Waals surface area (Å²) in [5.74, 6) is 0. The minimum absolute atomic E-state index is 0.0306. The molecule has 0 spiro atoms. The molecule has 1 aromatic heterocycles. The number of nitrogens with one attached hydrogen (secondary N) is 2. The van der Waals surface area contributed by atoms with E-state index in [4.69, 9.17) is 18.6 Å². The van der Waals surface area contributed by atoms with Crippen molar-refractivity contribution in [2.75, 3.05) is 25.1 Å². The first-order chi connectivity index (χ1) is 19.6. The molecule has 3 rings (SSSR count). The van der Waals surface area contributed by atoms with E-state index in [1.165, 1.54) is 36.4 Å². The molecule has 0 saturated heterocycles. The fraction of sp³-hybridized carbons (Fsp3) is 0.467. The smallest absolute Gasteiger partial charge is 0.417 e. The minimum atomic E-state index is -4.59. The van der Waals surface area contributed by atoms with Gasteiger partial charge in [0.2, 0.25) is 0 Å². The summed E-state index contributed by atoms with van der Waals surface area (Å²) in [5.41, 5.74) is -1.31. The number of halogens is 3. The molecule has 0 radical (unpaired) electrons. The van der Waals surface area contributed by atoms with Crippen LogP contribution in [0, 0.1) is 0 Å². The van der Waals surface area contributed by atoms with Gasteiger partial charge in [-0.15, -0.1) is 0 Å². The first kappa shape index (κ1) is 33.3. The highest BCUT2D eigenvalue weighted by Gasteiger charge is 2.39. The number of hydrogen-bond donors (Lipinski definition) is 2. The average Bonchev–Trinajstić information content (AvgIpc) is 2.90. The first-order valence-corrected chi connectivity index (χ1v) is 16.7. The van der Waals surface area contributed by atoms with Crippen LogP contribution in [0.5, 0.6) is 0 Å². The summed E-state index contributed by atoms with van der Waals surface area (Å²) < 4.78 is 64.0. The number of pyridine rings is 1. The molecular formula is C30H39F3N2O6Si. The van der Waals surface area contributed by atoms with Crippen LogP contribution in [-0.2, 0) is 24.8 Å². The molecule has 42 heavy (non-hydrogen) atoms. The molecule has 12 heteroatoms. The van der Waals surface area contributed by atoms with E-state index in [1.54, 1.807) is 19.9 Å². The highest BCUT2D eigenvalue weighted by Crippen LogP contribution is 2.38. The van der Waals surface area contributed by atoms with Crippen LogP contribution in [0.25, 0.3) is 22.0 Å². The van der Waals surface area contributed by atoms with Crippen LogP contribution in [0.3, 0.4) is 0 Å². The molecule has 0 fully saturated rings. The van der Waals surface area contributed by atoms with Crippen molar-refractivity contribution in [2.24, 2.45) is 0 Å². The van der Waals surface area contributed by atoms with Crippen LogP contribution in [-0.4, -0.2) is 51.6 Å². The van der Waals surface area contributed by atoms with Gasteiger partial charge in [0, 0.05) is 35.5 Å². The lowest BCUT2D eigenvalue weighted by Gasteiger charge is -2.38. The Kier molecular flexibility index (Phi) is 10.6. The van der Waals surface area contributed by atoms with Gasteiger partial charge in [0.1, 0.15) is 0 Å². The number of ether oxygens (including phenoxy) is 3. The van der Waals surface area contributed by atoms with E-state index in [2.05, 4.69) is 44.2 Å². The van der Waals surface area contributed by atoms with Crippen LogP contribution in [0.2, 0.25) is 18.1 Å². The first-order valence-electron chi connectivity index (χ1n) is 13.8. The van der Waals surface area contributed by atoms with Crippen molar-refractivity contribution in [1.29, 1.82) is 0 Å². The van der Waals surface area contributed by atoms with Gasteiger partial charge in [-0.3, -0.25) is 10.1 Å². The summed E-state index contributed by atoms with van der Waals surface area (Å²) in [7, 11) is -2.19. The average molecular weight is 609 g/mol. The van der Waals surface area contributed by atoms with E-state index in [9.17, 15) is 22.8 Å². The molecule has 1 heterocycles. The monoisotopic (exact) mass is 608 g/mol. The van der Waals surface area contributed by atoms with Crippen LogP contribution in [0.4, 0.5) is 23.7 Å². The molecule has 0 saturated carbocycles. The molecule has 2 aromatic carbocycles. The van der Waals surface area contributed by atoms with Gasteiger partial charge in [-0.2, -0.15) is 13.2 Å². The van der Waals surface area contributed by atoms with Gasteiger partial charge < -0.3 is 23.6 Å². The third-order valence-corrected chi connectivity index (χ3v) is 11.8. The van der Waals surface area contributed by atoms with Gasteiger partial charge >= 0.3 is 12.3 Å². The third-order valence-electron chi connectivity index (χ3n) is 7.25. The molecule has 0 bridgehead atoms. The molecule has 2 N–H and O–H groups in total. The van der Waals surface area contributed by atoms with E-state index in [-0.39, 0.29) is 34.0 Å². The zero-order chi connectivity index (χ0) is 31.3. The number of fused-ring (bicyclic) bond motifs is 1. The van der Waals surface area contributed by atoms with Crippen molar-refractivity contribution >= 4 is 30.9 Å². The Morgan fingerprint density at radius 2 is 1.64 bits per heavy atom. The Hall–Kier alpha value is -3.19. The number of carbonyl (C=O) groups excluding carboxylic acids is 1. The minimum Gasteiger partial charge on any atom is -0.438 e. The Morgan fingerprint density at radius 1 is 1.00 bits per heavy atom. The molecule has 0 aliphatic rings. The molecule has 1 unspecified atom stereocenters. The zero-order valence-corrected chi connectivity index (χ0v) is 26.0. The summed E-state index contributed by atoms with van der Waals surface area (Å²) >= 11 is 0. The number of H-pyrrole nitrogens is 1. The Labute approximate surface area is 244 Å². The molecule has 1 atom stereocenters. The highest BCUT2D eigenvalue weighted by molar-refractivity contribution is 6.74. The fourth-order valence-corrected chi connectivity index (χ4v) is 5.01. The largest absolute Gasteiger partial charge is 0.438 e. The number of carbonyl (C=O) groups is 1. The Bertz CT molecular complexity index is 1430. The summed E-state index contributed by atoms with van der Waals surface area (Å²) in [6, 6.07) is 11.0. The van der Waals surface area contributed by atoms with E-state index in [1.807, 2.05) is 0 Å². The Balaban J connectivity index is 1.84. The summed E-state index contributed by atoms with van der Waals surface area (Å²) in [6.45, 7) is 14.8. The molecule has 1 amide bonds. The van der Waals surface area contributed by atoms with E-state index in [0.717, 1.165) is 6.07 Å². The lowest BCUT2D eigenvalue weighted by molar-refractivity contribution is -0.194. The maximum absolute atomic E-state index is 13.5. The zero-order valence-electron chi connectivity index (χ0n) is 25.0. The topological polar surface area (TPSA) is 98.9 Å². The number of anilines is 1. The molecule has 0 aliphatic heterocycles. The standard InChI is InChI=1S/C30H39F3N2O6Si/c1-8-38-27(39-9-2)25(18-40-42(6,7)29(3,4)5)41-28(37)34-20-15-14-19-16-24(35-26(36)22(19)17-20)21-12-10-11-13-23(21)30(31,32)33/h10-17,25,27H,8-9,18H2,1-7H3,(H,34,37)(H,35,36). The summed E-state index contributed by atoms with van der Waals surface area (Å²) in [4.78, 5) is 28.4. The van der Waals surface area contributed by atoms with Crippen LogP contribution in [0.15, 0.2) is 53.3 Å². The van der Waals surface area contributed by atoms with Crippen molar-refractivity contribution < 1.29 is 36.6 Å². The maximum Gasteiger partial charge on any atom is 0.417 e. The van der Waals surface area contributed by atoms with Gasteiger partial charge in [-0.25, -0.2) is 4.79 Å². The molecular weight excluding hydrogens is 569 g/mol. The van der Waals surface area contributed by atoms with Gasteiger partial charge in [0.05, 0.1) is 12.2 Å². The molecule has 8 nitrogen and oxygen atoms in total. The van der Waals surface area contributed by atoms with Crippen molar-refractivity contribution in [3.05, 3.63) is 64.4 Å². The maximum atomic E-state index is 13.5. The quantitative estimate of drug-likeness (QED) is 0.172. The second-order valence-corrected chi connectivity index (χ2v) is 16.1. The number of benzene rings is 2. The predicted molar refractivity (Wildman–Crippen MR) is 159 cm³/mol. The van der Waals surface area contributed by atoms with E-state index >= 15 is 0 Å². The number of amides is 1. The van der Waals surface area contributed by atoms with Crippen LogP contribution < -0.4 is 10.9 Å². The van der Waals surface area contributed by atoms with Crippen molar-refractivity contribution in [1.82, 2.24) is 4.98 Å².